The van der Waals surface area contributed by atoms with Gasteiger partial charge in [0.05, 0.1) is 178 Å². The van der Waals surface area contributed by atoms with Gasteiger partial charge in [-0.15, -0.1) is 44.1 Å². The topological polar surface area (TPSA) is 263 Å². The first-order chi connectivity index (χ1) is 68.1. The summed E-state index contributed by atoms with van der Waals surface area (Å²) in [5.41, 5.74) is 18.9. The van der Waals surface area contributed by atoms with Crippen LogP contribution in [0.5, 0.6) is 23.0 Å². The van der Waals surface area contributed by atoms with Gasteiger partial charge < -0.3 is 95.7 Å². The minimum Gasteiger partial charge on any atom is -0.656 e. The molecule has 16 bridgehead atoms. The van der Waals surface area contributed by atoms with Crippen LogP contribution in [0.2, 0.25) is 0 Å². The first-order valence-corrected chi connectivity index (χ1v) is 45.7. The van der Waals surface area contributed by atoms with Gasteiger partial charge in [0.2, 0.25) is 0 Å². The summed E-state index contributed by atoms with van der Waals surface area (Å²) < 4.78 is 96.3. The molecule has 702 valence electrons. The van der Waals surface area contributed by atoms with Crippen molar-refractivity contribution >= 4 is 92.7 Å². The van der Waals surface area contributed by atoms with E-state index in [1.807, 2.05) is 266 Å². The normalized spacial score (nSPS) is 11.5. The van der Waals surface area contributed by atoms with Crippen molar-refractivity contribution in [3.05, 3.63) is 274 Å². The average Bonchev–Trinajstić information content (AvgIpc) is 1.62. The molecule has 0 N–H and O–H groups in total. The number of nitrogens with zero attached hydrogens (tertiary/aromatic N) is 10. The molecule has 0 unspecified atom stereocenters. The fraction of sp³-hybridized carbons (Fsp3) is 0.268. The predicted octanol–water partition coefficient (Wildman–Crippen LogP) is 14.9. The zero-order valence-electron chi connectivity index (χ0n) is 79.5. The molecule has 12 aromatic rings. The second-order valence-corrected chi connectivity index (χ2v) is 31.6. The Kier molecular flexibility index (Phi) is 39.3. The molecule has 26 nitrogen and oxygen atoms in total. The van der Waals surface area contributed by atoms with Crippen molar-refractivity contribution in [1.82, 2.24) is 39.9 Å². The van der Waals surface area contributed by atoms with Gasteiger partial charge in [0.15, 0.2) is 24.8 Å². The molecule has 0 fully saturated rings. The van der Waals surface area contributed by atoms with Gasteiger partial charge in [-0.05, 0) is 153 Å². The molecular weight excluding hydrogens is 1870 g/mol. The van der Waals surface area contributed by atoms with E-state index in [0.717, 1.165) is 33.4 Å². The van der Waals surface area contributed by atoms with Crippen LogP contribution in [-0.2, 0) is 110 Å². The van der Waals surface area contributed by atoms with E-state index in [-0.39, 0.29) is 65.4 Å². The number of rotatable bonds is 44. The smallest absolute Gasteiger partial charge is 0.656 e. The average molecular weight is 1980 g/mol. The molecule has 4 aliphatic rings. The van der Waals surface area contributed by atoms with E-state index in [2.05, 4.69) is 47.4 Å². The van der Waals surface area contributed by atoms with Crippen molar-refractivity contribution in [2.24, 2.45) is 14.1 Å². The summed E-state index contributed by atoms with van der Waals surface area (Å²) in [5.74, 6) is 30.1. The number of ether oxygens (including phenoxy) is 16. The number of fused-ring (bicyclic) bond motifs is 16. The molecule has 12 heterocycles. The van der Waals surface area contributed by atoms with Crippen LogP contribution in [0.1, 0.15) is 78.9 Å². The van der Waals surface area contributed by atoms with Gasteiger partial charge in [-0.3, -0.25) is 0 Å². The fourth-order valence-electron chi connectivity index (χ4n) is 15.2. The summed E-state index contributed by atoms with van der Waals surface area (Å²) >= 11 is 0. The van der Waals surface area contributed by atoms with E-state index in [1.54, 1.807) is 28.4 Å². The molecule has 0 radical (unpaired) electrons. The molecule has 0 amide bonds. The standard InChI is InChI=1S/C112H106N10O16.2Zn/c1-121-47-43-79(44-48-121)23-25-91-97-31-39-105(117-97)109(81-13-9-17-85(75-81)135-71-67-131-63-59-127-55-51-123-3)101-35-27-93(113-101)89(94-28-36-102(114-94)110(106-40-32-98(91)118-106)82-14-10-18-86(76-82)136-72-68-132-64-60-128-56-52-124-4)21-7-8-22-90-95-29-37-103(115-95)111(83-15-11-19-87(77-83)137-73-69-133-65-61-129-57-53-125-5)107-41-33-99(119-107)92(26-24-80-45-49-122(2)50-46-80)100-34-42-108(120-100)112(104-38-30-96(90)116-104)84-16-12-20-88(78-84)138-74-70-134-66-62-130-58-54-126-6;;/h9-20,27-50,75-78H,51-74H2,1-6H3;;/q-2;2*+2. The molecule has 4 aliphatic heterocycles. The largest absolute Gasteiger partial charge is 2.00 e. The van der Waals surface area contributed by atoms with Crippen LogP contribution in [0, 0.1) is 47.4 Å². The van der Waals surface area contributed by atoms with Crippen molar-refractivity contribution in [1.29, 1.82) is 0 Å². The maximum absolute atomic E-state index is 6.41. The molecule has 0 saturated heterocycles. The third-order valence-corrected chi connectivity index (χ3v) is 22.0. The Morgan fingerprint density at radius 1 is 0.236 bits per heavy atom. The molecule has 0 aliphatic carbocycles. The van der Waals surface area contributed by atoms with Crippen LogP contribution >= 0.6 is 0 Å². The quantitative estimate of drug-likeness (QED) is 0.0149. The molecular formula is C112H106N10O16Zn2+2. The Morgan fingerprint density at radius 3 is 0.693 bits per heavy atom. The van der Waals surface area contributed by atoms with Crippen LogP contribution in [0.3, 0.4) is 0 Å². The first-order valence-electron chi connectivity index (χ1n) is 45.7. The Hall–Kier alpha value is -13.4. The van der Waals surface area contributed by atoms with Crippen LogP contribution in [0.4, 0.5) is 0 Å². The van der Waals surface area contributed by atoms with E-state index < -0.39 is 0 Å². The third-order valence-electron chi connectivity index (χ3n) is 22.0. The number of hydrogen-bond acceptors (Lipinski definition) is 20. The summed E-state index contributed by atoms with van der Waals surface area (Å²) in [6.07, 6.45) is 23.7. The van der Waals surface area contributed by atoms with Gasteiger partial charge in [0, 0.05) is 86.1 Å². The number of benzene rings is 4. The third kappa shape index (κ3) is 28.2. The Morgan fingerprint density at radius 2 is 0.450 bits per heavy atom. The summed E-state index contributed by atoms with van der Waals surface area (Å²) in [6.45, 7) is 9.71. The molecule has 140 heavy (non-hydrogen) atoms. The summed E-state index contributed by atoms with van der Waals surface area (Å²) in [7, 11) is 10.5. The first kappa shape index (κ1) is 102. The van der Waals surface area contributed by atoms with Crippen molar-refractivity contribution in [2.45, 2.75) is 0 Å². The SMILES string of the molecule is COCCOCCOCCOc1cccc(-c2c3nc(c(C#Cc4cc[n+](C)cc4)c4ccc([n-]4)c(-c4cccc(OCCOCCOCCOC)c4)c4nc(c(C#CC#Cc5c6nc(c(-c7cccc(OCCOCCOCCOC)c7)c7ccc([n-]7)c(C#Cc7cc[n+](C)cc7)c7nc(c(-c8cccc(OCCOCCOCCOC)c8)c8ccc5[n-]8)C=C7)C=C6)c5ccc2[n-]5)C=C4)C=C3)c1.[Zn+2].[Zn+2]. The summed E-state index contributed by atoms with van der Waals surface area (Å²) in [5, 5.41) is 0. The maximum Gasteiger partial charge on any atom is 2.00 e. The van der Waals surface area contributed by atoms with Gasteiger partial charge in [-0.2, -0.15) is 0 Å². The molecule has 4 aromatic carbocycles. The number of methoxy groups -OCH3 is 4. The zero-order valence-corrected chi connectivity index (χ0v) is 85.4. The molecule has 0 spiro atoms. The van der Waals surface area contributed by atoms with Gasteiger partial charge in [-0.25, -0.2) is 29.1 Å². The predicted molar refractivity (Wildman–Crippen MR) is 532 cm³/mol. The van der Waals surface area contributed by atoms with Gasteiger partial charge >= 0.3 is 39.0 Å². The van der Waals surface area contributed by atoms with Crippen molar-refractivity contribution in [2.75, 3.05) is 187 Å². The second-order valence-electron chi connectivity index (χ2n) is 31.6. The minimum atomic E-state index is 0. The van der Waals surface area contributed by atoms with Crippen LogP contribution in [-0.4, -0.2) is 207 Å². The number of hydrogen-bond donors (Lipinski definition) is 0. The van der Waals surface area contributed by atoms with Crippen molar-refractivity contribution in [3.63, 3.8) is 0 Å². The number of aryl methyl sites for hydroxylation is 2. The van der Waals surface area contributed by atoms with E-state index in [0.29, 0.717) is 289 Å². The van der Waals surface area contributed by atoms with Crippen LogP contribution in [0.15, 0.2) is 195 Å². The van der Waals surface area contributed by atoms with Crippen molar-refractivity contribution in [3.8, 4) is 115 Å². The van der Waals surface area contributed by atoms with Gasteiger partial charge in [-0.1, -0.05) is 133 Å². The van der Waals surface area contributed by atoms with Gasteiger partial charge in [0.1, 0.15) is 63.5 Å². The molecule has 0 atom stereocenters. The van der Waals surface area contributed by atoms with Gasteiger partial charge in [0.25, 0.3) is 0 Å². The molecule has 0 saturated carbocycles. The Labute approximate surface area is 840 Å². The number of aromatic nitrogens is 10. The van der Waals surface area contributed by atoms with Crippen LogP contribution in [0.25, 0.3) is 137 Å². The van der Waals surface area contributed by atoms with E-state index >= 15 is 0 Å². The summed E-state index contributed by atoms with van der Waals surface area (Å²) in [6, 6.07) is 55.2. The molecule has 28 heteroatoms. The zero-order chi connectivity index (χ0) is 94.7. The van der Waals surface area contributed by atoms with E-state index in [9.17, 15) is 0 Å². The van der Waals surface area contributed by atoms with E-state index in [1.165, 1.54) is 0 Å². The Bertz CT molecular complexity index is 6500. The monoisotopic (exact) mass is 1970 g/mol. The van der Waals surface area contributed by atoms with Crippen LogP contribution < -0.4 is 48.0 Å². The maximum atomic E-state index is 6.41. The Balaban J connectivity index is 0.00000780. The van der Waals surface area contributed by atoms with E-state index in [4.69, 9.17) is 116 Å². The molecule has 16 rings (SSSR count). The fourth-order valence-corrected chi connectivity index (χ4v) is 15.2. The van der Waals surface area contributed by atoms with Crippen molar-refractivity contribution < 1.29 is 124 Å². The minimum absolute atomic E-state index is 0. The number of pyridine rings is 2. The molecule has 8 aromatic heterocycles. The second kappa shape index (κ2) is 53.7. The summed E-state index contributed by atoms with van der Waals surface area (Å²) in [4.78, 5) is 44.2.